The second-order valence-corrected chi connectivity index (χ2v) is 8.00. The van der Waals surface area contributed by atoms with E-state index in [1.54, 1.807) is 24.3 Å². The van der Waals surface area contributed by atoms with E-state index in [4.69, 9.17) is 10.8 Å². The molecule has 0 aliphatic heterocycles. The van der Waals surface area contributed by atoms with E-state index in [0.717, 1.165) is 21.9 Å². The number of hydrogen-bond acceptors (Lipinski definition) is 7. The maximum absolute atomic E-state index is 13.1. The minimum Gasteiger partial charge on any atom is -0.508 e. The number of aromatic hydroxyl groups is 1. The van der Waals surface area contributed by atoms with Crippen LogP contribution in [0.3, 0.4) is 0 Å². The Balaban J connectivity index is 2.11. The third-order valence-electron chi connectivity index (χ3n) is 4.39. The van der Waals surface area contributed by atoms with Crippen molar-refractivity contribution in [2.45, 2.75) is 24.6 Å². The molecule has 31 heavy (non-hydrogen) atoms. The zero-order chi connectivity index (χ0) is 22.5. The summed E-state index contributed by atoms with van der Waals surface area (Å²) < 4.78 is 2.21. The molecule has 0 saturated heterocycles. The van der Waals surface area contributed by atoms with Crippen LogP contribution < -0.4 is 22.7 Å². The van der Waals surface area contributed by atoms with Crippen LogP contribution in [0.4, 0.5) is 11.4 Å². The Hall–Kier alpha value is -3.73. The van der Waals surface area contributed by atoms with Crippen molar-refractivity contribution in [1.82, 2.24) is 14.1 Å². The number of thioether (sulfide) groups is 1. The lowest BCUT2D eigenvalue weighted by atomic mass is 10.2. The highest BCUT2D eigenvalue weighted by atomic mass is 32.2. The van der Waals surface area contributed by atoms with Crippen molar-refractivity contribution in [1.29, 1.82) is 0 Å². The number of rotatable bonds is 7. The van der Waals surface area contributed by atoms with E-state index >= 15 is 0 Å². The van der Waals surface area contributed by atoms with Gasteiger partial charge >= 0.3 is 17.3 Å². The van der Waals surface area contributed by atoms with Crippen molar-refractivity contribution in [2.24, 2.45) is 4.99 Å². The molecule has 0 bridgehead atoms. The van der Waals surface area contributed by atoms with Gasteiger partial charge in [-0.1, -0.05) is 12.1 Å². The van der Waals surface area contributed by atoms with Gasteiger partial charge in [0.05, 0.1) is 18.1 Å². The van der Waals surface area contributed by atoms with Crippen molar-refractivity contribution in [3.8, 4) is 5.75 Å². The van der Waals surface area contributed by atoms with Gasteiger partial charge in [0.2, 0.25) is 5.62 Å². The second kappa shape index (κ2) is 9.39. The predicted octanol–water partition coefficient (Wildman–Crippen LogP) is 1.07. The molecule has 162 valence electrons. The van der Waals surface area contributed by atoms with Crippen LogP contribution in [0.1, 0.15) is 12.5 Å². The van der Waals surface area contributed by atoms with Gasteiger partial charge in [-0.15, -0.1) is 11.8 Å². The number of nitrogens with two attached hydrogens (primary N) is 1. The fourth-order valence-corrected chi connectivity index (χ4v) is 3.35. The van der Waals surface area contributed by atoms with Gasteiger partial charge in [0.1, 0.15) is 11.0 Å². The van der Waals surface area contributed by atoms with Crippen molar-refractivity contribution in [2.75, 3.05) is 5.73 Å². The van der Waals surface area contributed by atoms with E-state index in [1.807, 2.05) is 0 Å². The average Bonchev–Trinajstić information content (AvgIpc) is 2.73. The zero-order valence-electron chi connectivity index (χ0n) is 16.6. The molecule has 0 amide bonds. The molecule has 0 spiro atoms. The van der Waals surface area contributed by atoms with Crippen LogP contribution in [-0.4, -0.2) is 35.6 Å². The van der Waals surface area contributed by atoms with E-state index in [9.17, 15) is 19.5 Å². The zero-order valence-corrected chi connectivity index (χ0v) is 17.4. The number of hydrogen-bond donors (Lipinski definition) is 4. The summed E-state index contributed by atoms with van der Waals surface area (Å²) in [6, 6.07) is 12.8. The first kappa shape index (κ1) is 22.0. The summed E-state index contributed by atoms with van der Waals surface area (Å²) in [5.41, 5.74) is 6.14. The quantitative estimate of drug-likeness (QED) is 0.398. The largest absolute Gasteiger partial charge is 0.508 e. The molecular formula is C20H21N5O5S. The summed E-state index contributed by atoms with van der Waals surface area (Å²) in [6.07, 6.45) is 0. The first-order valence-corrected chi connectivity index (χ1v) is 10.3. The normalized spacial score (nSPS) is 12.6. The van der Waals surface area contributed by atoms with Crippen LogP contribution in [0.25, 0.3) is 0 Å². The lowest BCUT2D eigenvalue weighted by Crippen LogP contribution is -2.50. The summed E-state index contributed by atoms with van der Waals surface area (Å²) in [5, 5.41) is 17.7. The number of aromatic amines is 1. The Kier molecular flexibility index (Phi) is 6.65. The van der Waals surface area contributed by atoms with E-state index in [-0.39, 0.29) is 23.8 Å². The van der Waals surface area contributed by atoms with Crippen molar-refractivity contribution < 1.29 is 15.0 Å². The lowest BCUT2D eigenvalue weighted by molar-refractivity contribution is -0.136. The molecule has 1 heterocycles. The minimum atomic E-state index is -1.04. The summed E-state index contributed by atoms with van der Waals surface area (Å²) >= 11 is 0.949. The molecule has 0 unspecified atom stereocenters. The third-order valence-corrected chi connectivity index (χ3v) is 5.50. The van der Waals surface area contributed by atoms with Crippen LogP contribution in [0.5, 0.6) is 5.75 Å². The van der Waals surface area contributed by atoms with Gasteiger partial charge in [0.25, 0.3) is 0 Å². The number of nitrogens with zero attached hydrogens (tertiary/aromatic N) is 3. The molecule has 0 aliphatic rings. The van der Waals surface area contributed by atoms with E-state index in [1.165, 1.54) is 35.8 Å². The van der Waals surface area contributed by atoms with Crippen LogP contribution in [0, 0.1) is 0 Å². The first-order chi connectivity index (χ1) is 14.7. The summed E-state index contributed by atoms with van der Waals surface area (Å²) in [5.74, 6) is -1.12. The number of H-pyrrole nitrogens is 1. The van der Waals surface area contributed by atoms with Gasteiger partial charge in [-0.05, 0) is 48.9 Å². The number of phenolic OH excluding ortho intramolecular Hbond substituents is 1. The van der Waals surface area contributed by atoms with Crippen molar-refractivity contribution in [3.63, 3.8) is 0 Å². The lowest BCUT2D eigenvalue weighted by Gasteiger charge is -2.12. The smallest absolute Gasteiger partial charge is 0.336 e. The number of phenols is 1. The number of aromatic nitrogens is 3. The van der Waals surface area contributed by atoms with Gasteiger partial charge in [-0.3, -0.25) is 14.3 Å². The van der Waals surface area contributed by atoms with Gasteiger partial charge < -0.3 is 15.9 Å². The van der Waals surface area contributed by atoms with Crippen molar-refractivity contribution in [3.05, 3.63) is 80.7 Å². The van der Waals surface area contributed by atoms with Gasteiger partial charge in [-0.25, -0.2) is 19.1 Å². The predicted molar refractivity (Wildman–Crippen MR) is 117 cm³/mol. The third kappa shape index (κ3) is 5.45. The molecule has 5 N–H and O–H groups in total. The van der Waals surface area contributed by atoms with Crippen LogP contribution in [-0.2, 0) is 17.2 Å². The molecule has 1 aromatic heterocycles. The fourth-order valence-electron chi connectivity index (χ4n) is 2.61. The molecule has 0 radical (unpaired) electrons. The second-order valence-electron chi connectivity index (χ2n) is 6.70. The van der Waals surface area contributed by atoms with Crippen molar-refractivity contribution >= 4 is 29.1 Å². The monoisotopic (exact) mass is 443 g/mol. The van der Waals surface area contributed by atoms with E-state index < -0.39 is 22.6 Å². The summed E-state index contributed by atoms with van der Waals surface area (Å²) in [7, 11) is 0. The van der Waals surface area contributed by atoms with Crippen LogP contribution >= 0.6 is 11.8 Å². The number of nitrogens with one attached hydrogen (secondary N) is 1. The maximum Gasteiger partial charge on any atom is 0.336 e. The molecule has 2 aromatic carbocycles. The highest BCUT2D eigenvalue weighted by Crippen LogP contribution is 2.15. The Morgan fingerprint density at radius 1 is 1.13 bits per heavy atom. The molecular weight excluding hydrogens is 422 g/mol. The highest BCUT2D eigenvalue weighted by molar-refractivity contribution is 7.99. The number of aliphatic carboxylic acids is 1. The van der Waals surface area contributed by atoms with Crippen LogP contribution in [0.15, 0.2) is 63.1 Å². The molecule has 0 aliphatic carbocycles. The van der Waals surface area contributed by atoms with Gasteiger partial charge in [0.15, 0.2) is 0 Å². The summed E-state index contributed by atoms with van der Waals surface area (Å²) in [4.78, 5) is 43.7. The number of anilines is 1. The molecule has 11 heteroatoms. The number of carboxylic acid groups (broad SMARTS) is 1. The Morgan fingerprint density at radius 2 is 1.77 bits per heavy atom. The standard InChI is InChI=1S/C20H21N5O5S/c1-12(17(27)28)31-11-25-19(29)23-18(22-15-6-8-16(26)9-7-15)24(20(25)30)10-13-2-4-14(21)5-3-13/h2-9,12,26H,10-11,21H2,1H3,(H,27,28)(H,22,23,29)/t12-/m1/s1. The SMILES string of the molecule is C[C@@H](SCn1c(=O)[nH]/c(=N\c2ccc(O)cc2)n(Cc2ccc(N)cc2)c1=O)C(=O)O. The topological polar surface area (TPSA) is 156 Å². The number of benzene rings is 2. The molecule has 1 atom stereocenters. The molecule has 10 nitrogen and oxygen atoms in total. The molecule has 0 saturated carbocycles. The number of carbonyl (C=O) groups is 1. The van der Waals surface area contributed by atoms with Crippen LogP contribution in [0.2, 0.25) is 0 Å². The molecule has 3 aromatic rings. The molecule has 0 fully saturated rings. The number of carboxylic acids is 1. The molecule has 3 rings (SSSR count). The Labute approximate surface area is 180 Å². The first-order valence-electron chi connectivity index (χ1n) is 9.21. The maximum atomic E-state index is 13.1. The fraction of sp³-hybridized carbons (Fsp3) is 0.200. The average molecular weight is 443 g/mol. The highest BCUT2D eigenvalue weighted by Gasteiger charge is 2.15. The Bertz CT molecular complexity index is 1260. The van der Waals surface area contributed by atoms with E-state index in [2.05, 4.69) is 9.98 Å². The Morgan fingerprint density at radius 3 is 2.39 bits per heavy atom. The number of nitrogen functional groups attached to an aromatic ring is 1. The van der Waals surface area contributed by atoms with E-state index in [0.29, 0.717) is 11.4 Å². The van der Waals surface area contributed by atoms with Gasteiger partial charge in [0, 0.05) is 5.69 Å². The summed E-state index contributed by atoms with van der Waals surface area (Å²) in [6.45, 7) is 1.58. The minimum absolute atomic E-state index is 0.0186. The van der Waals surface area contributed by atoms with Gasteiger partial charge in [-0.2, -0.15) is 0 Å².